The zero-order valence-electron chi connectivity index (χ0n) is 47.4. The molecule has 0 radical (unpaired) electrons. The van der Waals surface area contributed by atoms with Crippen molar-refractivity contribution in [2.24, 2.45) is 0 Å². The second-order valence-corrected chi connectivity index (χ2v) is 21.1. The van der Waals surface area contributed by atoms with Crippen molar-refractivity contribution in [2.75, 3.05) is 28.4 Å². The van der Waals surface area contributed by atoms with Gasteiger partial charge in [0.1, 0.15) is 23.0 Å². The summed E-state index contributed by atoms with van der Waals surface area (Å²) in [5, 5.41) is 0. The Kier molecular flexibility index (Phi) is 12.8. The molecule has 0 atom stereocenters. The number of nitrogens with zero attached hydrogens (tertiary/aromatic N) is 4. The molecule has 12 heteroatoms. The molecule has 86 heavy (non-hydrogen) atoms. The maximum atomic E-state index is 5.88. The molecule has 0 unspecified atom stereocenters. The molecule has 15 rings (SSSR count). The number of fused-ring (bicyclic) bond motifs is 16. The number of ether oxygens (including phenoxy) is 4. The normalized spacial score (nSPS) is 12.2. The van der Waals surface area contributed by atoms with Crippen LogP contribution in [0.5, 0.6) is 23.0 Å². The quantitative estimate of drug-likeness (QED) is 0.106. The van der Waals surface area contributed by atoms with Gasteiger partial charge >= 0.3 is 0 Å². The SMILES string of the molecule is COc1cccc(-c2c3nc(c(-c4c5nc(c(-c6cccc(OC)c6)c6ccc([nH]6)c(-c6ccccc6)c6nc(c(-c7cccc(OC)c7)c7ccc4[nH]7)C=C6)C=C5)c4ccc([nH]4)c(-c4cccc(OC)c4)c4nc(cc5ccc2[nH]5)C=C4)C=C3)c1. The molecule has 5 aromatic carbocycles. The minimum absolute atomic E-state index is 0.701. The van der Waals surface area contributed by atoms with Crippen molar-refractivity contribution in [3.8, 4) is 89.8 Å². The Labute approximate surface area is 494 Å². The molecule has 11 aromatic rings. The maximum Gasteiger partial charge on any atom is 0.119 e. The number of nitrogens with one attached hydrogen (secondary N) is 4. The highest BCUT2D eigenvalue weighted by Gasteiger charge is 2.24. The minimum Gasteiger partial charge on any atom is -0.497 e. The van der Waals surface area contributed by atoms with Gasteiger partial charge in [0.15, 0.2) is 0 Å². The van der Waals surface area contributed by atoms with Crippen LogP contribution in [0.25, 0.3) is 160 Å². The zero-order chi connectivity index (χ0) is 57.8. The van der Waals surface area contributed by atoms with Crippen LogP contribution < -0.4 is 18.9 Å². The number of benzene rings is 5. The van der Waals surface area contributed by atoms with E-state index in [2.05, 4.69) is 184 Å². The molecule has 0 saturated heterocycles. The summed E-state index contributed by atoms with van der Waals surface area (Å²) in [6.45, 7) is 0. The Morgan fingerprint density at radius 2 is 0.535 bits per heavy atom. The van der Waals surface area contributed by atoms with Crippen LogP contribution in [0.15, 0.2) is 182 Å². The van der Waals surface area contributed by atoms with Crippen LogP contribution >= 0.6 is 0 Å². The van der Waals surface area contributed by atoms with Gasteiger partial charge in [0.25, 0.3) is 0 Å². The van der Waals surface area contributed by atoms with Crippen molar-refractivity contribution in [1.82, 2.24) is 39.9 Å². The predicted molar refractivity (Wildman–Crippen MR) is 350 cm³/mol. The maximum absolute atomic E-state index is 5.88. The summed E-state index contributed by atoms with van der Waals surface area (Å²) >= 11 is 0. The number of aromatic nitrogens is 8. The topological polar surface area (TPSA) is 152 Å². The van der Waals surface area contributed by atoms with E-state index in [0.717, 1.165) is 168 Å². The average Bonchev–Trinajstić information content (AvgIpc) is 2.08. The van der Waals surface area contributed by atoms with Gasteiger partial charge in [-0.05, 0) is 180 Å². The number of hydrogen-bond donors (Lipinski definition) is 4. The van der Waals surface area contributed by atoms with E-state index in [1.807, 2.05) is 66.7 Å². The van der Waals surface area contributed by atoms with E-state index in [1.165, 1.54) is 0 Å². The third-order valence-corrected chi connectivity index (χ3v) is 16.1. The first-order chi connectivity index (χ1) is 42.4. The van der Waals surface area contributed by atoms with Crippen LogP contribution in [0.1, 0.15) is 45.6 Å². The molecule has 0 fully saturated rings. The van der Waals surface area contributed by atoms with E-state index in [1.54, 1.807) is 28.4 Å². The summed E-state index contributed by atoms with van der Waals surface area (Å²) in [7, 11) is 6.76. The molecule has 414 valence electrons. The largest absolute Gasteiger partial charge is 0.497 e. The first-order valence-electron chi connectivity index (χ1n) is 28.3. The third-order valence-electron chi connectivity index (χ3n) is 16.1. The molecule has 6 aromatic heterocycles. The summed E-state index contributed by atoms with van der Waals surface area (Å²) in [6, 6.07) is 61.9. The zero-order valence-corrected chi connectivity index (χ0v) is 47.4. The Hall–Kier alpha value is -11.5. The molecular formula is C74H54N8O4. The van der Waals surface area contributed by atoms with Crippen molar-refractivity contribution in [3.05, 3.63) is 228 Å². The van der Waals surface area contributed by atoms with Crippen molar-refractivity contribution in [2.45, 2.75) is 0 Å². The van der Waals surface area contributed by atoms with Crippen LogP contribution in [-0.4, -0.2) is 68.3 Å². The molecule has 0 aliphatic carbocycles. The molecule has 12 nitrogen and oxygen atoms in total. The van der Waals surface area contributed by atoms with Crippen LogP contribution in [-0.2, 0) is 0 Å². The number of methoxy groups -OCH3 is 4. The predicted octanol–water partition coefficient (Wildman–Crippen LogP) is 17.7. The summed E-state index contributed by atoms with van der Waals surface area (Å²) in [5.41, 5.74) is 23.7. The van der Waals surface area contributed by atoms with Crippen LogP contribution in [0.2, 0.25) is 0 Å². The number of H-pyrrole nitrogens is 4. The fraction of sp³-hybridized carbons (Fsp3) is 0.0541. The van der Waals surface area contributed by atoms with E-state index in [4.69, 9.17) is 38.9 Å². The van der Waals surface area contributed by atoms with Gasteiger partial charge in [-0.25, -0.2) is 19.9 Å². The van der Waals surface area contributed by atoms with Crippen LogP contribution in [0, 0.1) is 0 Å². The Morgan fingerprint density at radius 3 is 0.907 bits per heavy atom. The standard InChI is InChI=1S/C74H54N8O4/c1-83-50-18-8-14-44(38-50)69-54-24-22-48(75-54)42-49-23-25-55(76-49)70(45-15-9-19-51(39-45)84-2)59-31-35-65(80-59)73(64-34-30-58(69)79-64)74-66-36-32-62(81-66)71(46-16-10-20-52(40-46)85-3)60-28-26-56(77-60)68(43-12-6-5-7-13-43)57-27-29-61(78-57)72(63-33-37-67(74)82-63)47-17-11-21-53(41-47)86-4/h5-42,75,77,80,82H,1-4H3. The van der Waals surface area contributed by atoms with E-state index in [0.29, 0.717) is 11.4 Å². The molecule has 10 heterocycles. The lowest BCUT2D eigenvalue weighted by Crippen LogP contribution is -1.93. The van der Waals surface area contributed by atoms with Gasteiger partial charge in [-0.1, -0.05) is 78.9 Å². The van der Waals surface area contributed by atoms with Gasteiger partial charge in [-0.2, -0.15) is 0 Å². The molecule has 0 saturated carbocycles. The highest BCUT2D eigenvalue weighted by molar-refractivity contribution is 6.05. The van der Waals surface area contributed by atoms with Crippen molar-refractivity contribution in [1.29, 1.82) is 0 Å². The first-order valence-corrected chi connectivity index (χ1v) is 28.3. The fourth-order valence-electron chi connectivity index (χ4n) is 12.1. The lowest BCUT2D eigenvalue weighted by Gasteiger charge is -2.09. The van der Waals surface area contributed by atoms with Gasteiger partial charge in [-0.15, -0.1) is 0 Å². The van der Waals surface area contributed by atoms with E-state index < -0.39 is 0 Å². The fourth-order valence-corrected chi connectivity index (χ4v) is 12.1. The highest BCUT2D eigenvalue weighted by Crippen LogP contribution is 2.43. The second-order valence-electron chi connectivity index (χ2n) is 21.1. The van der Waals surface area contributed by atoms with E-state index >= 15 is 0 Å². The lowest BCUT2D eigenvalue weighted by atomic mass is 10.0. The molecule has 16 bridgehead atoms. The summed E-state index contributed by atoms with van der Waals surface area (Å²) < 4.78 is 23.4. The number of aromatic amines is 4. The smallest absolute Gasteiger partial charge is 0.119 e. The van der Waals surface area contributed by atoms with Crippen LogP contribution in [0.4, 0.5) is 0 Å². The van der Waals surface area contributed by atoms with Gasteiger partial charge in [0.05, 0.1) is 74.0 Å². The average molecular weight is 1120 g/mol. The number of rotatable bonds is 10. The van der Waals surface area contributed by atoms with Gasteiger partial charge in [0, 0.05) is 83.1 Å². The van der Waals surface area contributed by atoms with Gasteiger partial charge in [0.2, 0.25) is 0 Å². The third kappa shape index (κ3) is 9.22. The molecular weight excluding hydrogens is 1060 g/mol. The molecule has 4 N–H and O–H groups in total. The summed E-state index contributed by atoms with van der Waals surface area (Å²) in [6.07, 6.45) is 16.8. The molecule has 0 spiro atoms. The Balaban J connectivity index is 1.14. The van der Waals surface area contributed by atoms with E-state index in [-0.39, 0.29) is 0 Å². The number of hydrogen-bond acceptors (Lipinski definition) is 8. The molecule has 4 aliphatic rings. The minimum atomic E-state index is 0.701. The first kappa shape index (κ1) is 51.4. The second kappa shape index (κ2) is 21.4. The van der Waals surface area contributed by atoms with Gasteiger partial charge in [-0.3, -0.25) is 0 Å². The van der Waals surface area contributed by atoms with E-state index in [9.17, 15) is 0 Å². The van der Waals surface area contributed by atoms with Crippen LogP contribution in [0.3, 0.4) is 0 Å². The lowest BCUT2D eigenvalue weighted by molar-refractivity contribution is 0.415. The van der Waals surface area contributed by atoms with Crippen molar-refractivity contribution < 1.29 is 18.9 Å². The van der Waals surface area contributed by atoms with Gasteiger partial charge < -0.3 is 38.9 Å². The molecule has 4 aliphatic heterocycles. The highest BCUT2D eigenvalue weighted by atomic mass is 16.5. The summed E-state index contributed by atoms with van der Waals surface area (Å²) in [5.74, 6) is 2.90. The van der Waals surface area contributed by atoms with Crippen molar-refractivity contribution >= 4 is 92.7 Å². The van der Waals surface area contributed by atoms with Crippen molar-refractivity contribution in [3.63, 3.8) is 0 Å². The monoisotopic (exact) mass is 1120 g/mol. The molecule has 0 amide bonds. The summed E-state index contributed by atoms with van der Waals surface area (Å²) in [4.78, 5) is 37.9. The Morgan fingerprint density at radius 1 is 0.244 bits per heavy atom. The Bertz CT molecular complexity index is 4980.